The first kappa shape index (κ1) is 37.0. The monoisotopic (exact) mass is 708 g/mol. The van der Waals surface area contributed by atoms with Crippen molar-refractivity contribution in [2.24, 2.45) is 0 Å². The zero-order valence-corrected chi connectivity index (χ0v) is 34.0. The van der Waals surface area contributed by atoms with Crippen LogP contribution in [0.4, 0.5) is 34.1 Å². The summed E-state index contributed by atoms with van der Waals surface area (Å²) in [6.07, 6.45) is 2.01. The minimum Gasteiger partial charge on any atom is -0.309 e. The van der Waals surface area contributed by atoms with Crippen molar-refractivity contribution in [2.45, 2.75) is 92.9 Å². The van der Waals surface area contributed by atoms with E-state index in [2.05, 4.69) is 212 Å². The molecule has 0 radical (unpaired) electrons. The van der Waals surface area contributed by atoms with Crippen molar-refractivity contribution in [2.75, 3.05) is 9.80 Å². The van der Waals surface area contributed by atoms with E-state index < -0.39 is 0 Å². The van der Waals surface area contributed by atoms with Crippen LogP contribution in [0.2, 0.25) is 0 Å². The summed E-state index contributed by atoms with van der Waals surface area (Å²) in [6, 6.07) is 50.8. The van der Waals surface area contributed by atoms with Crippen LogP contribution in [0.25, 0.3) is 21.5 Å². The van der Waals surface area contributed by atoms with Crippen LogP contribution >= 0.6 is 0 Å². The van der Waals surface area contributed by atoms with E-state index in [-0.39, 0.29) is 10.8 Å². The fraction of sp³-hybridized carbons (Fsp3) is 0.269. The average molecular weight is 709 g/mol. The molecular weight excluding hydrogens is 653 g/mol. The Kier molecular flexibility index (Phi) is 9.92. The molecular formula is C52H56N2. The number of fused-ring (bicyclic) bond motifs is 2. The highest BCUT2D eigenvalue weighted by Crippen LogP contribution is 2.52. The van der Waals surface area contributed by atoms with Crippen LogP contribution in [0, 0.1) is 13.8 Å². The van der Waals surface area contributed by atoms with E-state index in [1.165, 1.54) is 66.3 Å². The predicted molar refractivity (Wildman–Crippen MR) is 236 cm³/mol. The molecule has 0 spiro atoms. The van der Waals surface area contributed by atoms with Gasteiger partial charge in [0, 0.05) is 44.3 Å². The standard InChI is InChI=1S/C52H56N2/c1-11-37-17-27-43(28-18-37)53(41-23-13-35(3)14-24-41)49-45-31-21-40(52(8,9)10)34-48(45)50(46-32-22-39(33-47(46)49)51(5,6)7)54(42-25-15-36(4)16-26-42)44-29-19-38(12-2)20-30-44/h13-34H,11-12H2,1-10H3. The van der Waals surface area contributed by atoms with Gasteiger partial charge in [0.25, 0.3) is 0 Å². The Morgan fingerprint density at radius 3 is 0.944 bits per heavy atom. The largest absolute Gasteiger partial charge is 0.309 e. The molecule has 2 heteroatoms. The molecule has 0 heterocycles. The van der Waals surface area contributed by atoms with Gasteiger partial charge in [-0.15, -0.1) is 0 Å². The summed E-state index contributed by atoms with van der Waals surface area (Å²) in [5, 5.41) is 4.91. The van der Waals surface area contributed by atoms with Crippen molar-refractivity contribution >= 4 is 55.7 Å². The topological polar surface area (TPSA) is 6.48 Å². The number of aryl methyl sites for hydroxylation is 4. The second-order valence-electron chi connectivity index (χ2n) is 17.1. The van der Waals surface area contributed by atoms with Crippen molar-refractivity contribution in [1.82, 2.24) is 0 Å². The lowest BCUT2D eigenvalue weighted by atomic mass is 9.82. The number of rotatable bonds is 8. The van der Waals surface area contributed by atoms with E-state index in [0.29, 0.717) is 0 Å². The van der Waals surface area contributed by atoms with Gasteiger partial charge >= 0.3 is 0 Å². The maximum atomic E-state index is 2.50. The second-order valence-corrected chi connectivity index (χ2v) is 17.1. The molecule has 0 aliphatic rings. The van der Waals surface area contributed by atoms with Gasteiger partial charge in [0.05, 0.1) is 11.4 Å². The molecule has 0 amide bonds. The van der Waals surface area contributed by atoms with Crippen LogP contribution in [0.3, 0.4) is 0 Å². The van der Waals surface area contributed by atoms with Gasteiger partial charge in [-0.1, -0.05) is 139 Å². The van der Waals surface area contributed by atoms with E-state index in [1.54, 1.807) is 0 Å². The summed E-state index contributed by atoms with van der Waals surface area (Å²) in [6.45, 7) is 22.7. The molecule has 7 aromatic carbocycles. The van der Waals surface area contributed by atoms with Gasteiger partial charge < -0.3 is 9.80 Å². The first-order valence-corrected chi connectivity index (χ1v) is 19.7. The zero-order chi connectivity index (χ0) is 38.4. The lowest BCUT2D eigenvalue weighted by molar-refractivity contribution is 0.590. The molecule has 0 bridgehead atoms. The summed E-state index contributed by atoms with van der Waals surface area (Å²) in [5.41, 5.74) is 14.7. The molecule has 54 heavy (non-hydrogen) atoms. The van der Waals surface area contributed by atoms with Crippen molar-refractivity contribution in [3.8, 4) is 0 Å². The second kappa shape index (κ2) is 14.5. The minimum absolute atomic E-state index is 0.0409. The molecule has 7 rings (SSSR count). The van der Waals surface area contributed by atoms with E-state index in [9.17, 15) is 0 Å². The van der Waals surface area contributed by atoms with Crippen LogP contribution < -0.4 is 9.80 Å². The fourth-order valence-electron chi connectivity index (χ4n) is 7.56. The van der Waals surface area contributed by atoms with Crippen LogP contribution in [0.5, 0.6) is 0 Å². The van der Waals surface area contributed by atoms with Gasteiger partial charge in [0.2, 0.25) is 0 Å². The summed E-state index contributed by atoms with van der Waals surface area (Å²) >= 11 is 0. The Morgan fingerprint density at radius 1 is 0.370 bits per heavy atom. The maximum absolute atomic E-state index is 2.50. The first-order valence-electron chi connectivity index (χ1n) is 19.7. The van der Waals surface area contributed by atoms with Crippen molar-refractivity contribution in [3.05, 3.63) is 167 Å². The van der Waals surface area contributed by atoms with Crippen LogP contribution in [0.1, 0.15) is 88.8 Å². The lowest BCUT2D eigenvalue weighted by Gasteiger charge is -2.34. The van der Waals surface area contributed by atoms with E-state index in [1.807, 2.05) is 0 Å². The number of anilines is 6. The van der Waals surface area contributed by atoms with Gasteiger partial charge in [-0.3, -0.25) is 0 Å². The van der Waals surface area contributed by atoms with Crippen molar-refractivity contribution < 1.29 is 0 Å². The first-order chi connectivity index (χ1) is 25.8. The van der Waals surface area contributed by atoms with Gasteiger partial charge in [0.1, 0.15) is 0 Å². The Hall–Kier alpha value is -5.34. The normalized spacial score (nSPS) is 12.0. The Morgan fingerprint density at radius 2 is 0.667 bits per heavy atom. The number of benzene rings is 7. The van der Waals surface area contributed by atoms with E-state index in [4.69, 9.17) is 0 Å². The average Bonchev–Trinajstić information content (AvgIpc) is 3.16. The molecule has 0 atom stereocenters. The highest BCUT2D eigenvalue weighted by molar-refractivity contribution is 6.23. The summed E-state index contributed by atoms with van der Waals surface area (Å²) in [4.78, 5) is 5.01. The van der Waals surface area contributed by atoms with Crippen LogP contribution in [-0.4, -0.2) is 0 Å². The number of hydrogen-bond donors (Lipinski definition) is 0. The van der Waals surface area contributed by atoms with Gasteiger partial charge in [-0.05, 0) is 120 Å². The maximum Gasteiger partial charge on any atom is 0.0620 e. The smallest absolute Gasteiger partial charge is 0.0620 e. The highest BCUT2D eigenvalue weighted by Gasteiger charge is 2.28. The predicted octanol–water partition coefficient (Wildman–Crippen LogP) is 15.3. The third-order valence-corrected chi connectivity index (χ3v) is 11.0. The van der Waals surface area contributed by atoms with Crippen molar-refractivity contribution in [1.29, 1.82) is 0 Å². The fourth-order valence-corrected chi connectivity index (χ4v) is 7.56. The van der Waals surface area contributed by atoms with E-state index >= 15 is 0 Å². The SMILES string of the molecule is CCc1ccc(N(c2ccc(C)cc2)c2c3ccc(C(C)(C)C)cc3c(N(c3ccc(C)cc3)c3ccc(CC)cc3)c3ccc(C(C)(C)C)cc23)cc1. The Balaban J connectivity index is 1.70. The quantitative estimate of drug-likeness (QED) is 0.115. The molecule has 0 aliphatic carbocycles. The molecule has 0 unspecified atom stereocenters. The summed E-state index contributed by atoms with van der Waals surface area (Å²) < 4.78 is 0. The molecule has 0 aromatic heterocycles. The molecule has 0 saturated heterocycles. The third kappa shape index (κ3) is 7.15. The van der Waals surface area contributed by atoms with Gasteiger partial charge in [-0.25, -0.2) is 0 Å². The molecule has 0 N–H and O–H groups in total. The van der Waals surface area contributed by atoms with Crippen LogP contribution in [0.15, 0.2) is 133 Å². The molecule has 2 nitrogen and oxygen atoms in total. The Bertz CT molecular complexity index is 2230. The lowest BCUT2D eigenvalue weighted by Crippen LogP contribution is -2.17. The van der Waals surface area contributed by atoms with Gasteiger partial charge in [-0.2, -0.15) is 0 Å². The minimum atomic E-state index is -0.0409. The molecule has 0 aliphatic heterocycles. The third-order valence-electron chi connectivity index (χ3n) is 11.0. The zero-order valence-electron chi connectivity index (χ0n) is 34.0. The van der Waals surface area contributed by atoms with Crippen LogP contribution in [-0.2, 0) is 23.7 Å². The highest BCUT2D eigenvalue weighted by atomic mass is 15.2. The Labute approximate surface area is 324 Å². The molecule has 274 valence electrons. The number of nitrogens with zero attached hydrogens (tertiary/aromatic N) is 2. The van der Waals surface area contributed by atoms with E-state index in [0.717, 1.165) is 35.6 Å². The number of hydrogen-bond acceptors (Lipinski definition) is 2. The van der Waals surface area contributed by atoms with Crippen molar-refractivity contribution in [3.63, 3.8) is 0 Å². The molecule has 7 aromatic rings. The van der Waals surface area contributed by atoms with Gasteiger partial charge in [0.15, 0.2) is 0 Å². The molecule has 0 fully saturated rings. The summed E-state index contributed by atoms with van der Waals surface area (Å²) in [5.74, 6) is 0. The molecule has 0 saturated carbocycles. The summed E-state index contributed by atoms with van der Waals surface area (Å²) in [7, 11) is 0.